The number of halogens is 2. The molecule has 88 valence electrons. The van der Waals surface area contributed by atoms with Gasteiger partial charge in [0, 0.05) is 6.42 Å². The first kappa shape index (κ1) is 11.5. The number of rotatable bonds is 2. The Morgan fingerprint density at radius 2 is 1.69 bits per heavy atom. The quantitative estimate of drug-likeness (QED) is 0.814. The van der Waals surface area contributed by atoms with Gasteiger partial charge in [-0.2, -0.15) is 0 Å². The van der Waals surface area contributed by atoms with Gasteiger partial charge in [-0.05, 0) is 25.5 Å². The van der Waals surface area contributed by atoms with Crippen LogP contribution >= 0.6 is 0 Å². The summed E-state index contributed by atoms with van der Waals surface area (Å²) in [4.78, 5) is 0. The highest BCUT2D eigenvalue weighted by atomic mass is 19.3. The Morgan fingerprint density at radius 1 is 1.06 bits per heavy atom. The molecule has 1 saturated carbocycles. The monoisotopic (exact) mass is 225 g/mol. The maximum atomic E-state index is 14.1. The molecule has 0 amide bonds. The molecule has 0 spiro atoms. The van der Waals surface area contributed by atoms with E-state index < -0.39 is 11.5 Å². The highest BCUT2D eigenvalue weighted by Crippen LogP contribution is 2.47. The summed E-state index contributed by atoms with van der Waals surface area (Å²) in [6, 6.07) is 9.07. The lowest BCUT2D eigenvalue weighted by Gasteiger charge is -2.44. The van der Waals surface area contributed by atoms with Gasteiger partial charge in [-0.15, -0.1) is 0 Å². The lowest BCUT2D eigenvalue weighted by Crippen LogP contribution is -2.56. The van der Waals surface area contributed by atoms with Gasteiger partial charge in [-0.1, -0.05) is 36.8 Å². The fraction of sp³-hybridized carbons (Fsp3) is 0.538. The standard InChI is InChI=1S/C13H17F2N/c1-16-12(11-7-3-2-4-8-11)9-5-6-10-13(12,14)15/h2-4,7-8,16H,5-6,9-10H2,1H3/t12-/m1/s1. The van der Waals surface area contributed by atoms with Crippen LogP contribution in [0, 0.1) is 0 Å². The molecule has 0 heterocycles. The van der Waals surface area contributed by atoms with E-state index in [-0.39, 0.29) is 6.42 Å². The third kappa shape index (κ3) is 1.63. The van der Waals surface area contributed by atoms with Gasteiger partial charge >= 0.3 is 0 Å². The van der Waals surface area contributed by atoms with Crippen LogP contribution in [0.2, 0.25) is 0 Å². The summed E-state index contributed by atoms with van der Waals surface area (Å²) in [5.41, 5.74) is -0.478. The summed E-state index contributed by atoms with van der Waals surface area (Å²) >= 11 is 0. The molecule has 1 aliphatic carbocycles. The van der Waals surface area contributed by atoms with E-state index in [0.29, 0.717) is 18.4 Å². The molecule has 0 aliphatic heterocycles. The lowest BCUT2D eigenvalue weighted by atomic mass is 9.73. The molecule has 16 heavy (non-hydrogen) atoms. The van der Waals surface area contributed by atoms with Gasteiger partial charge in [0.2, 0.25) is 0 Å². The molecule has 0 radical (unpaired) electrons. The molecule has 1 aromatic carbocycles. The second-order valence-electron chi connectivity index (χ2n) is 4.43. The number of benzene rings is 1. The second-order valence-corrected chi connectivity index (χ2v) is 4.43. The topological polar surface area (TPSA) is 12.0 Å². The predicted octanol–water partition coefficient (Wildman–Crippen LogP) is 3.31. The zero-order chi connectivity index (χ0) is 11.6. The molecule has 2 rings (SSSR count). The minimum absolute atomic E-state index is 0.0251. The average Bonchev–Trinajstić information content (AvgIpc) is 2.30. The van der Waals surface area contributed by atoms with Gasteiger partial charge in [0.25, 0.3) is 5.92 Å². The second kappa shape index (κ2) is 4.13. The Bertz CT molecular complexity index is 350. The van der Waals surface area contributed by atoms with Crippen molar-refractivity contribution in [2.24, 2.45) is 0 Å². The van der Waals surface area contributed by atoms with Gasteiger partial charge in [0.15, 0.2) is 0 Å². The first-order valence-electron chi connectivity index (χ1n) is 5.75. The molecule has 0 saturated heterocycles. The zero-order valence-corrected chi connectivity index (χ0v) is 9.47. The maximum Gasteiger partial charge on any atom is 0.270 e. The predicted molar refractivity (Wildman–Crippen MR) is 60.6 cm³/mol. The molecule has 0 aromatic heterocycles. The van der Waals surface area contributed by atoms with Crippen LogP contribution in [0.4, 0.5) is 8.78 Å². The number of hydrogen-bond acceptors (Lipinski definition) is 1. The summed E-state index contributed by atoms with van der Waals surface area (Å²) < 4.78 is 28.3. The Hall–Kier alpha value is -0.960. The van der Waals surface area contributed by atoms with Crippen LogP contribution in [-0.4, -0.2) is 13.0 Å². The van der Waals surface area contributed by atoms with Crippen LogP contribution in [0.15, 0.2) is 30.3 Å². The Balaban J connectivity index is 2.45. The van der Waals surface area contributed by atoms with Crippen molar-refractivity contribution >= 4 is 0 Å². The van der Waals surface area contributed by atoms with Crippen molar-refractivity contribution < 1.29 is 8.78 Å². The highest BCUT2D eigenvalue weighted by molar-refractivity contribution is 5.28. The van der Waals surface area contributed by atoms with Crippen molar-refractivity contribution in [2.45, 2.75) is 37.1 Å². The molecule has 1 nitrogen and oxygen atoms in total. The first-order valence-corrected chi connectivity index (χ1v) is 5.75. The van der Waals surface area contributed by atoms with Crippen molar-refractivity contribution in [3.63, 3.8) is 0 Å². The van der Waals surface area contributed by atoms with Crippen molar-refractivity contribution in [3.05, 3.63) is 35.9 Å². The zero-order valence-electron chi connectivity index (χ0n) is 9.47. The smallest absolute Gasteiger partial charge is 0.270 e. The summed E-state index contributed by atoms with van der Waals surface area (Å²) in [6.07, 6.45) is 1.94. The van der Waals surface area contributed by atoms with E-state index in [1.165, 1.54) is 0 Å². The van der Waals surface area contributed by atoms with E-state index in [4.69, 9.17) is 0 Å². The fourth-order valence-corrected chi connectivity index (χ4v) is 2.66. The van der Waals surface area contributed by atoms with Gasteiger partial charge in [0.05, 0.1) is 0 Å². The number of nitrogens with one attached hydrogen (secondary N) is 1. The lowest BCUT2D eigenvalue weighted by molar-refractivity contribution is -0.119. The molecule has 0 unspecified atom stereocenters. The van der Waals surface area contributed by atoms with Crippen LogP contribution in [0.3, 0.4) is 0 Å². The molecule has 1 aliphatic rings. The van der Waals surface area contributed by atoms with E-state index in [1.54, 1.807) is 19.2 Å². The van der Waals surface area contributed by atoms with Crippen molar-refractivity contribution in [2.75, 3.05) is 7.05 Å². The van der Waals surface area contributed by atoms with E-state index in [0.717, 1.165) is 6.42 Å². The molecular weight excluding hydrogens is 208 g/mol. The van der Waals surface area contributed by atoms with Crippen LogP contribution in [-0.2, 0) is 5.54 Å². The maximum absolute atomic E-state index is 14.1. The third-order valence-electron chi connectivity index (χ3n) is 3.61. The largest absolute Gasteiger partial charge is 0.306 e. The third-order valence-corrected chi connectivity index (χ3v) is 3.61. The minimum Gasteiger partial charge on any atom is -0.306 e. The molecular formula is C13H17F2N. The normalized spacial score (nSPS) is 28.9. The minimum atomic E-state index is -2.67. The van der Waals surface area contributed by atoms with Crippen LogP contribution in [0.1, 0.15) is 31.2 Å². The highest BCUT2D eigenvalue weighted by Gasteiger charge is 2.54. The Morgan fingerprint density at radius 3 is 2.25 bits per heavy atom. The average molecular weight is 225 g/mol. The molecule has 1 N–H and O–H groups in total. The fourth-order valence-electron chi connectivity index (χ4n) is 2.66. The Kier molecular flexibility index (Phi) is 2.98. The number of hydrogen-bond donors (Lipinski definition) is 1. The number of alkyl halides is 2. The van der Waals surface area contributed by atoms with Gasteiger partial charge in [-0.3, -0.25) is 0 Å². The molecule has 1 fully saturated rings. The van der Waals surface area contributed by atoms with E-state index in [1.807, 2.05) is 18.2 Å². The van der Waals surface area contributed by atoms with Crippen molar-refractivity contribution in [1.82, 2.24) is 5.32 Å². The van der Waals surface area contributed by atoms with Crippen molar-refractivity contribution in [1.29, 1.82) is 0 Å². The van der Waals surface area contributed by atoms with Gasteiger partial charge < -0.3 is 5.32 Å². The van der Waals surface area contributed by atoms with E-state index in [2.05, 4.69) is 5.32 Å². The summed E-state index contributed by atoms with van der Waals surface area (Å²) in [5, 5.41) is 2.87. The van der Waals surface area contributed by atoms with E-state index in [9.17, 15) is 8.78 Å². The summed E-state index contributed by atoms with van der Waals surface area (Å²) in [7, 11) is 1.63. The molecule has 1 aromatic rings. The summed E-state index contributed by atoms with van der Waals surface area (Å²) in [6.45, 7) is 0. The van der Waals surface area contributed by atoms with Crippen LogP contribution in [0.25, 0.3) is 0 Å². The summed E-state index contributed by atoms with van der Waals surface area (Å²) in [5.74, 6) is -2.67. The van der Waals surface area contributed by atoms with Crippen LogP contribution < -0.4 is 5.32 Å². The Labute approximate surface area is 94.9 Å². The van der Waals surface area contributed by atoms with Crippen LogP contribution in [0.5, 0.6) is 0 Å². The SMILES string of the molecule is CN[C@@]1(c2ccccc2)CCCCC1(F)F. The van der Waals surface area contributed by atoms with Gasteiger partial charge in [0.1, 0.15) is 5.54 Å². The molecule has 3 heteroatoms. The van der Waals surface area contributed by atoms with Crippen molar-refractivity contribution in [3.8, 4) is 0 Å². The first-order chi connectivity index (χ1) is 7.62. The van der Waals surface area contributed by atoms with E-state index >= 15 is 0 Å². The van der Waals surface area contributed by atoms with Gasteiger partial charge in [-0.25, -0.2) is 8.78 Å². The molecule has 1 atom stereocenters. The molecule has 0 bridgehead atoms.